The van der Waals surface area contributed by atoms with Crippen LogP contribution in [0, 0.1) is 6.92 Å². The summed E-state index contributed by atoms with van der Waals surface area (Å²) >= 11 is 0. The number of pyridine rings is 1. The Balaban J connectivity index is 1.47. The molecule has 33 heavy (non-hydrogen) atoms. The third-order valence-corrected chi connectivity index (χ3v) is 7.27. The number of H-pyrrole nitrogens is 1. The van der Waals surface area contributed by atoms with Crippen LogP contribution in [0.4, 0.5) is 0 Å². The van der Waals surface area contributed by atoms with Gasteiger partial charge in [0.2, 0.25) is 0 Å². The van der Waals surface area contributed by atoms with Gasteiger partial charge in [-0.05, 0) is 72.5 Å². The largest absolute Gasteiger partial charge is 0.376 e. The summed E-state index contributed by atoms with van der Waals surface area (Å²) < 4.78 is 7.77. The van der Waals surface area contributed by atoms with E-state index >= 15 is 0 Å². The summed E-state index contributed by atoms with van der Waals surface area (Å²) in [6.07, 6.45) is 7.95. The van der Waals surface area contributed by atoms with Gasteiger partial charge in [0.1, 0.15) is 0 Å². The molecule has 8 nitrogen and oxygen atoms in total. The van der Waals surface area contributed by atoms with Crippen LogP contribution in [0.25, 0.3) is 10.9 Å². The molecule has 2 fully saturated rings. The Kier molecular flexibility index (Phi) is 6.55. The number of fused-ring (bicyclic) bond motifs is 1. The monoisotopic (exact) mass is 450 g/mol. The van der Waals surface area contributed by atoms with Crippen LogP contribution >= 0.6 is 0 Å². The molecular weight excluding hydrogens is 416 g/mol. The highest BCUT2D eigenvalue weighted by molar-refractivity contribution is 5.79. The Morgan fingerprint density at radius 2 is 2.06 bits per heavy atom. The third kappa shape index (κ3) is 4.73. The van der Waals surface area contributed by atoms with Crippen LogP contribution in [0.1, 0.15) is 74.9 Å². The second-order valence-electron chi connectivity index (χ2n) is 9.60. The molecule has 0 radical (unpaired) electrons. The van der Waals surface area contributed by atoms with Crippen molar-refractivity contribution >= 4 is 10.9 Å². The first-order valence-electron chi connectivity index (χ1n) is 12.4. The van der Waals surface area contributed by atoms with E-state index in [1.54, 1.807) is 0 Å². The van der Waals surface area contributed by atoms with E-state index in [0.29, 0.717) is 19.1 Å². The predicted octanol–water partition coefficient (Wildman–Crippen LogP) is 3.90. The van der Waals surface area contributed by atoms with Crippen LogP contribution in [0.3, 0.4) is 0 Å². The Labute approximate surface area is 194 Å². The number of ether oxygens (including phenoxy) is 1. The van der Waals surface area contributed by atoms with Crippen molar-refractivity contribution in [3.63, 3.8) is 0 Å². The summed E-state index contributed by atoms with van der Waals surface area (Å²) in [5.74, 6) is 0.882. The molecule has 176 valence electrons. The van der Waals surface area contributed by atoms with Crippen LogP contribution < -0.4 is 5.56 Å². The Bertz CT molecular complexity index is 1140. The van der Waals surface area contributed by atoms with Crippen LogP contribution in [-0.2, 0) is 17.8 Å². The van der Waals surface area contributed by atoms with Crippen molar-refractivity contribution in [1.29, 1.82) is 0 Å². The number of aromatic amines is 1. The van der Waals surface area contributed by atoms with E-state index in [1.807, 2.05) is 17.7 Å². The SMILES string of the molecule is CC[C@@H](c1nnnn1C[C@H]1CCCO1)N(Cc1cc2ccc(C)cc2[nH]c1=O)C1CCCC1. The topological polar surface area (TPSA) is 88.9 Å². The first-order valence-corrected chi connectivity index (χ1v) is 12.4. The van der Waals surface area contributed by atoms with Crippen molar-refractivity contribution in [2.75, 3.05) is 6.61 Å². The third-order valence-electron chi connectivity index (χ3n) is 7.27. The summed E-state index contributed by atoms with van der Waals surface area (Å²) in [4.78, 5) is 18.6. The lowest BCUT2D eigenvalue weighted by atomic mass is 10.0. The van der Waals surface area contributed by atoms with Gasteiger partial charge >= 0.3 is 0 Å². The maximum atomic E-state index is 13.0. The van der Waals surface area contributed by atoms with Crippen molar-refractivity contribution < 1.29 is 4.74 Å². The molecular formula is C25H34N6O2. The lowest BCUT2D eigenvalue weighted by Crippen LogP contribution is -2.39. The van der Waals surface area contributed by atoms with E-state index in [-0.39, 0.29) is 17.7 Å². The van der Waals surface area contributed by atoms with Crippen molar-refractivity contribution in [2.45, 2.75) is 90.1 Å². The van der Waals surface area contributed by atoms with Crippen molar-refractivity contribution in [3.05, 3.63) is 51.6 Å². The molecule has 1 aromatic carbocycles. The van der Waals surface area contributed by atoms with Crippen molar-refractivity contribution in [1.82, 2.24) is 30.1 Å². The summed E-state index contributed by atoms with van der Waals surface area (Å²) in [6, 6.07) is 8.74. The zero-order valence-corrected chi connectivity index (χ0v) is 19.7. The van der Waals surface area contributed by atoms with E-state index in [4.69, 9.17) is 4.74 Å². The molecule has 0 bridgehead atoms. The molecule has 2 atom stereocenters. The quantitative estimate of drug-likeness (QED) is 0.560. The van der Waals surface area contributed by atoms with Crippen LogP contribution in [-0.4, -0.2) is 48.8 Å². The van der Waals surface area contributed by atoms with Crippen LogP contribution in [0.5, 0.6) is 0 Å². The van der Waals surface area contributed by atoms with E-state index in [2.05, 4.69) is 50.5 Å². The molecule has 2 aliphatic rings. The second-order valence-corrected chi connectivity index (χ2v) is 9.60. The van der Waals surface area contributed by atoms with Gasteiger partial charge in [-0.3, -0.25) is 9.69 Å². The van der Waals surface area contributed by atoms with Gasteiger partial charge in [0.15, 0.2) is 5.82 Å². The standard InChI is InChI=1S/C25H34N6O2/c1-3-23(24-27-28-29-31(24)16-21-9-6-12-33-21)30(20-7-4-5-8-20)15-19-14-18-11-10-17(2)13-22(18)26-25(19)32/h10-11,13-14,20-21,23H,3-9,12,15-16H2,1-2H3,(H,26,32)/t21-,23+/m1/s1. The highest BCUT2D eigenvalue weighted by Crippen LogP contribution is 2.34. The fourth-order valence-corrected chi connectivity index (χ4v) is 5.53. The molecule has 5 rings (SSSR count). The molecule has 0 unspecified atom stereocenters. The Morgan fingerprint density at radius 3 is 2.82 bits per heavy atom. The van der Waals surface area contributed by atoms with Gasteiger partial charge in [-0.2, -0.15) is 0 Å². The smallest absolute Gasteiger partial charge is 0.252 e. The summed E-state index contributed by atoms with van der Waals surface area (Å²) in [6.45, 7) is 6.32. The first-order chi connectivity index (χ1) is 16.1. The van der Waals surface area contributed by atoms with Crippen molar-refractivity contribution in [2.24, 2.45) is 0 Å². The zero-order valence-electron chi connectivity index (χ0n) is 19.7. The average molecular weight is 451 g/mol. The molecule has 8 heteroatoms. The molecule has 1 aliphatic carbocycles. The van der Waals surface area contributed by atoms with E-state index in [9.17, 15) is 4.79 Å². The fourth-order valence-electron chi connectivity index (χ4n) is 5.53. The van der Waals surface area contributed by atoms with Gasteiger partial charge in [-0.1, -0.05) is 31.9 Å². The number of nitrogens with one attached hydrogen (secondary N) is 1. The summed E-state index contributed by atoms with van der Waals surface area (Å²) in [7, 11) is 0. The van der Waals surface area contributed by atoms with Crippen LogP contribution in [0.15, 0.2) is 29.1 Å². The van der Waals surface area contributed by atoms with Gasteiger partial charge in [0, 0.05) is 30.3 Å². The second kappa shape index (κ2) is 9.73. The minimum absolute atomic E-state index is 0.00935. The van der Waals surface area contributed by atoms with Gasteiger partial charge in [0.25, 0.3) is 5.56 Å². The molecule has 2 aromatic heterocycles. The number of nitrogens with zero attached hydrogens (tertiary/aromatic N) is 5. The number of rotatable bonds is 8. The van der Waals surface area contributed by atoms with Gasteiger partial charge in [-0.15, -0.1) is 5.10 Å². The summed E-state index contributed by atoms with van der Waals surface area (Å²) in [5.41, 5.74) is 2.83. The molecule has 1 saturated heterocycles. The number of aryl methyl sites for hydroxylation is 1. The molecule has 0 amide bonds. The minimum Gasteiger partial charge on any atom is -0.376 e. The molecule has 1 saturated carbocycles. The molecule has 1 N–H and O–H groups in total. The maximum absolute atomic E-state index is 13.0. The predicted molar refractivity (Wildman–Crippen MR) is 127 cm³/mol. The molecule has 3 aromatic rings. The highest BCUT2D eigenvalue weighted by Gasteiger charge is 2.33. The van der Waals surface area contributed by atoms with E-state index in [0.717, 1.165) is 66.6 Å². The van der Waals surface area contributed by atoms with E-state index < -0.39 is 0 Å². The number of hydrogen-bond acceptors (Lipinski definition) is 6. The zero-order chi connectivity index (χ0) is 22.8. The summed E-state index contributed by atoms with van der Waals surface area (Å²) in [5, 5.41) is 13.9. The lowest BCUT2D eigenvalue weighted by Gasteiger charge is -2.35. The van der Waals surface area contributed by atoms with E-state index in [1.165, 1.54) is 12.8 Å². The van der Waals surface area contributed by atoms with Crippen LogP contribution in [0.2, 0.25) is 0 Å². The average Bonchev–Trinajstić information content (AvgIpc) is 3.58. The molecule has 1 aliphatic heterocycles. The normalized spacial score (nSPS) is 20.3. The number of aromatic nitrogens is 5. The van der Waals surface area contributed by atoms with Gasteiger partial charge in [0.05, 0.1) is 18.7 Å². The highest BCUT2D eigenvalue weighted by atomic mass is 16.5. The van der Waals surface area contributed by atoms with Gasteiger partial charge in [-0.25, -0.2) is 4.68 Å². The minimum atomic E-state index is -0.00935. The Hall–Kier alpha value is -2.58. The maximum Gasteiger partial charge on any atom is 0.252 e. The van der Waals surface area contributed by atoms with Gasteiger partial charge < -0.3 is 9.72 Å². The number of benzene rings is 1. The molecule has 0 spiro atoms. The number of hydrogen-bond donors (Lipinski definition) is 1. The number of tetrazole rings is 1. The van der Waals surface area contributed by atoms with Crippen molar-refractivity contribution in [3.8, 4) is 0 Å². The molecule has 3 heterocycles. The lowest BCUT2D eigenvalue weighted by molar-refractivity contribution is 0.0839. The first kappa shape index (κ1) is 22.2. The Morgan fingerprint density at radius 1 is 1.21 bits per heavy atom. The fraction of sp³-hybridized carbons (Fsp3) is 0.600.